The van der Waals surface area contributed by atoms with Gasteiger partial charge in [0.15, 0.2) is 11.6 Å². The number of fused-ring (bicyclic) bond motifs is 1. The van der Waals surface area contributed by atoms with Crippen LogP contribution < -0.4 is 5.32 Å². The molecule has 0 radical (unpaired) electrons. The number of carbonyl (C=O) groups is 1. The summed E-state index contributed by atoms with van der Waals surface area (Å²) in [7, 11) is 0. The van der Waals surface area contributed by atoms with E-state index < -0.39 is 11.6 Å². The monoisotopic (exact) mass is 412 g/mol. The van der Waals surface area contributed by atoms with Gasteiger partial charge in [0, 0.05) is 16.1 Å². The average molecular weight is 412 g/mol. The smallest absolute Gasteiger partial charge is 0.234 e. The normalized spacial score (nSPS) is 10.9. The molecule has 1 N–H and O–H groups in total. The van der Waals surface area contributed by atoms with E-state index in [1.54, 1.807) is 11.3 Å². The Balaban J connectivity index is 1.38. The Kier molecular flexibility index (Phi) is 5.36. The molecule has 140 valence electrons. The zero-order chi connectivity index (χ0) is 19.5. The summed E-state index contributed by atoms with van der Waals surface area (Å²) >= 11 is 2.76. The second-order valence-electron chi connectivity index (χ2n) is 5.98. The van der Waals surface area contributed by atoms with Gasteiger partial charge in [-0.2, -0.15) is 0 Å². The maximum absolute atomic E-state index is 13.2. The summed E-state index contributed by atoms with van der Waals surface area (Å²) in [6.07, 6.45) is 0. The van der Waals surface area contributed by atoms with Crippen LogP contribution >= 0.6 is 23.1 Å². The number of hydrogen-bond donors (Lipinski definition) is 1. The molecule has 0 bridgehead atoms. The fourth-order valence-corrected chi connectivity index (χ4v) is 4.30. The van der Waals surface area contributed by atoms with Crippen molar-refractivity contribution in [2.24, 2.45) is 0 Å². The number of rotatable bonds is 5. The number of carbonyl (C=O) groups excluding carboxylic acids is 1. The zero-order valence-corrected chi connectivity index (χ0v) is 16.1. The number of nitrogens with one attached hydrogen (secondary N) is 1. The van der Waals surface area contributed by atoms with Gasteiger partial charge in [-0.25, -0.2) is 13.8 Å². The first-order valence-electron chi connectivity index (χ1n) is 8.42. The SMILES string of the molecule is O=C(CSc1ccc(F)c(F)c1)Nc1ccc(-c2nc3ccccc3s2)cc1. The van der Waals surface area contributed by atoms with Crippen LogP contribution in [0.25, 0.3) is 20.8 Å². The van der Waals surface area contributed by atoms with Gasteiger partial charge in [0.2, 0.25) is 5.91 Å². The van der Waals surface area contributed by atoms with Crippen LogP contribution in [0.5, 0.6) is 0 Å². The van der Waals surface area contributed by atoms with E-state index in [-0.39, 0.29) is 11.7 Å². The Hall–Kier alpha value is -2.77. The summed E-state index contributed by atoms with van der Waals surface area (Å²) in [5, 5.41) is 3.72. The lowest BCUT2D eigenvalue weighted by Crippen LogP contribution is -2.13. The topological polar surface area (TPSA) is 42.0 Å². The molecule has 0 aliphatic rings. The molecule has 0 fully saturated rings. The minimum absolute atomic E-state index is 0.102. The van der Waals surface area contributed by atoms with E-state index in [2.05, 4.69) is 10.3 Å². The summed E-state index contributed by atoms with van der Waals surface area (Å²) < 4.78 is 27.3. The number of amides is 1. The van der Waals surface area contributed by atoms with E-state index in [1.807, 2.05) is 48.5 Å². The van der Waals surface area contributed by atoms with Crippen molar-refractivity contribution in [3.63, 3.8) is 0 Å². The molecule has 1 amide bonds. The van der Waals surface area contributed by atoms with E-state index in [0.717, 1.165) is 44.7 Å². The number of aromatic nitrogens is 1. The maximum atomic E-state index is 13.2. The molecule has 1 heterocycles. The van der Waals surface area contributed by atoms with Crippen LogP contribution in [0.1, 0.15) is 0 Å². The second-order valence-corrected chi connectivity index (χ2v) is 8.06. The van der Waals surface area contributed by atoms with Gasteiger partial charge in [0.25, 0.3) is 0 Å². The molecule has 3 aromatic carbocycles. The van der Waals surface area contributed by atoms with Gasteiger partial charge < -0.3 is 5.32 Å². The van der Waals surface area contributed by atoms with Crippen molar-refractivity contribution >= 4 is 44.9 Å². The first-order valence-corrected chi connectivity index (χ1v) is 10.2. The van der Waals surface area contributed by atoms with Crippen molar-refractivity contribution in [1.29, 1.82) is 0 Å². The Labute approximate surface area is 168 Å². The molecule has 28 heavy (non-hydrogen) atoms. The quantitative estimate of drug-likeness (QED) is 0.411. The van der Waals surface area contributed by atoms with Crippen molar-refractivity contribution in [1.82, 2.24) is 4.98 Å². The third-order valence-corrected chi connectivity index (χ3v) is 6.05. The Bertz CT molecular complexity index is 1110. The van der Waals surface area contributed by atoms with Gasteiger partial charge in [-0.3, -0.25) is 4.79 Å². The molecule has 0 saturated carbocycles. The van der Waals surface area contributed by atoms with Crippen LogP contribution in [-0.4, -0.2) is 16.6 Å². The molecule has 0 unspecified atom stereocenters. The number of thiazole rings is 1. The lowest BCUT2D eigenvalue weighted by atomic mass is 10.2. The number of anilines is 1. The number of halogens is 2. The fraction of sp³-hybridized carbons (Fsp3) is 0.0476. The average Bonchev–Trinajstić information content (AvgIpc) is 3.14. The summed E-state index contributed by atoms with van der Waals surface area (Å²) in [5.41, 5.74) is 2.62. The number of para-hydroxylation sites is 1. The van der Waals surface area contributed by atoms with Crippen molar-refractivity contribution in [3.05, 3.63) is 78.4 Å². The van der Waals surface area contributed by atoms with Crippen molar-refractivity contribution in [2.45, 2.75) is 4.90 Å². The first-order chi connectivity index (χ1) is 13.6. The third kappa shape index (κ3) is 4.21. The highest BCUT2D eigenvalue weighted by Gasteiger charge is 2.09. The standard InChI is InChI=1S/C21H14F2N2OS2/c22-16-10-9-15(11-17(16)23)27-12-20(26)24-14-7-5-13(6-8-14)21-25-18-3-1-2-4-19(18)28-21/h1-11H,12H2,(H,24,26). The van der Waals surface area contributed by atoms with Crippen LogP contribution in [0.4, 0.5) is 14.5 Å². The van der Waals surface area contributed by atoms with E-state index >= 15 is 0 Å². The minimum atomic E-state index is -0.921. The Morgan fingerprint density at radius 2 is 1.79 bits per heavy atom. The molecular formula is C21H14F2N2OS2. The van der Waals surface area contributed by atoms with Crippen LogP contribution in [0.3, 0.4) is 0 Å². The van der Waals surface area contributed by atoms with Gasteiger partial charge in [-0.05, 0) is 54.6 Å². The highest BCUT2D eigenvalue weighted by atomic mass is 32.2. The van der Waals surface area contributed by atoms with Crippen molar-refractivity contribution in [2.75, 3.05) is 11.1 Å². The zero-order valence-electron chi connectivity index (χ0n) is 14.5. The molecule has 1 aromatic heterocycles. The van der Waals surface area contributed by atoms with Gasteiger partial charge in [-0.1, -0.05) is 12.1 Å². The molecular weight excluding hydrogens is 398 g/mol. The fourth-order valence-electron chi connectivity index (χ4n) is 2.60. The summed E-state index contributed by atoms with van der Waals surface area (Å²) in [6.45, 7) is 0. The maximum Gasteiger partial charge on any atom is 0.234 e. The summed E-state index contributed by atoms with van der Waals surface area (Å²) in [6, 6.07) is 19.0. The molecule has 0 aliphatic carbocycles. The lowest BCUT2D eigenvalue weighted by molar-refractivity contribution is -0.113. The van der Waals surface area contributed by atoms with Crippen molar-refractivity contribution < 1.29 is 13.6 Å². The molecule has 0 aliphatic heterocycles. The lowest BCUT2D eigenvalue weighted by Gasteiger charge is -2.06. The predicted molar refractivity (Wildman–Crippen MR) is 111 cm³/mol. The molecule has 7 heteroatoms. The van der Waals surface area contributed by atoms with Gasteiger partial charge in [0.05, 0.1) is 16.0 Å². The summed E-state index contributed by atoms with van der Waals surface area (Å²) in [4.78, 5) is 17.2. The van der Waals surface area contributed by atoms with E-state index in [0.29, 0.717) is 10.6 Å². The number of hydrogen-bond acceptors (Lipinski definition) is 4. The van der Waals surface area contributed by atoms with Crippen LogP contribution in [-0.2, 0) is 4.79 Å². The number of nitrogens with zero attached hydrogens (tertiary/aromatic N) is 1. The molecule has 0 atom stereocenters. The van der Waals surface area contributed by atoms with Gasteiger partial charge in [-0.15, -0.1) is 23.1 Å². The molecule has 0 spiro atoms. The van der Waals surface area contributed by atoms with Crippen LogP contribution in [0.2, 0.25) is 0 Å². The van der Waals surface area contributed by atoms with Gasteiger partial charge in [0.1, 0.15) is 5.01 Å². The Morgan fingerprint density at radius 1 is 1.00 bits per heavy atom. The Morgan fingerprint density at radius 3 is 2.54 bits per heavy atom. The number of thioether (sulfide) groups is 1. The van der Waals surface area contributed by atoms with Crippen molar-refractivity contribution in [3.8, 4) is 10.6 Å². The molecule has 0 saturated heterocycles. The van der Waals surface area contributed by atoms with E-state index in [1.165, 1.54) is 6.07 Å². The van der Waals surface area contributed by atoms with Crippen LogP contribution in [0, 0.1) is 11.6 Å². The minimum Gasteiger partial charge on any atom is -0.325 e. The number of benzene rings is 3. The largest absolute Gasteiger partial charge is 0.325 e. The molecule has 4 rings (SSSR count). The van der Waals surface area contributed by atoms with Gasteiger partial charge >= 0.3 is 0 Å². The molecule has 3 nitrogen and oxygen atoms in total. The third-order valence-electron chi connectivity index (χ3n) is 3.97. The molecule has 4 aromatic rings. The van der Waals surface area contributed by atoms with Crippen LogP contribution in [0.15, 0.2) is 71.6 Å². The van der Waals surface area contributed by atoms with E-state index in [9.17, 15) is 13.6 Å². The first kappa shape index (κ1) is 18.6. The predicted octanol–water partition coefficient (Wildman–Crippen LogP) is 5.97. The highest BCUT2D eigenvalue weighted by molar-refractivity contribution is 8.00. The highest BCUT2D eigenvalue weighted by Crippen LogP contribution is 2.30. The second kappa shape index (κ2) is 8.08. The van der Waals surface area contributed by atoms with E-state index in [4.69, 9.17) is 0 Å². The summed E-state index contributed by atoms with van der Waals surface area (Å²) in [5.74, 6) is -1.94.